The topological polar surface area (TPSA) is 74.8 Å². The summed E-state index contributed by atoms with van der Waals surface area (Å²) in [5.41, 5.74) is 2.98. The third-order valence-corrected chi connectivity index (χ3v) is 6.82. The summed E-state index contributed by atoms with van der Waals surface area (Å²) in [7, 11) is 0. The van der Waals surface area contributed by atoms with E-state index in [1.165, 1.54) is 12.8 Å². The molecule has 32 heavy (non-hydrogen) atoms. The minimum Gasteiger partial charge on any atom is -0.489 e. The number of ether oxygens (including phenoxy) is 1. The van der Waals surface area contributed by atoms with Gasteiger partial charge in [0, 0.05) is 43.6 Å². The van der Waals surface area contributed by atoms with E-state index < -0.39 is 0 Å². The van der Waals surface area contributed by atoms with Crippen molar-refractivity contribution in [1.29, 1.82) is 0 Å². The smallest absolute Gasteiger partial charge is 0.322 e. The summed E-state index contributed by atoms with van der Waals surface area (Å²) >= 11 is 0. The molecule has 7 nitrogen and oxygen atoms in total. The van der Waals surface area contributed by atoms with Crippen LogP contribution in [-0.2, 0) is 17.9 Å². The van der Waals surface area contributed by atoms with Crippen LogP contribution in [0.15, 0.2) is 42.7 Å². The van der Waals surface area contributed by atoms with Crippen LogP contribution in [0.25, 0.3) is 0 Å². The molecule has 1 saturated carbocycles. The van der Waals surface area contributed by atoms with Gasteiger partial charge in [0.15, 0.2) is 0 Å². The summed E-state index contributed by atoms with van der Waals surface area (Å²) in [4.78, 5) is 33.3. The Hall–Kier alpha value is -3.09. The minimum absolute atomic E-state index is 0.0197. The van der Waals surface area contributed by atoms with Crippen molar-refractivity contribution in [3.8, 4) is 5.75 Å². The Bertz CT molecular complexity index is 946. The highest BCUT2D eigenvalue weighted by Gasteiger charge is 2.31. The van der Waals surface area contributed by atoms with Crippen LogP contribution in [0, 0.1) is 5.92 Å². The van der Waals surface area contributed by atoms with E-state index in [-0.39, 0.29) is 18.1 Å². The molecule has 0 spiro atoms. The van der Waals surface area contributed by atoms with Crippen LogP contribution in [-0.4, -0.2) is 45.9 Å². The van der Waals surface area contributed by atoms with Gasteiger partial charge in [-0.15, -0.1) is 0 Å². The molecule has 5 rings (SSSR count). The second-order valence-corrected chi connectivity index (χ2v) is 9.10. The molecule has 1 unspecified atom stereocenters. The highest BCUT2D eigenvalue weighted by atomic mass is 16.5. The van der Waals surface area contributed by atoms with Gasteiger partial charge in [0.05, 0.1) is 6.54 Å². The Balaban J connectivity index is 1.13. The molecule has 2 fully saturated rings. The van der Waals surface area contributed by atoms with Crippen molar-refractivity contribution < 1.29 is 14.3 Å². The first-order chi connectivity index (χ1) is 15.7. The van der Waals surface area contributed by atoms with Gasteiger partial charge in [-0.3, -0.25) is 9.78 Å². The highest BCUT2D eigenvalue weighted by molar-refractivity contribution is 5.89. The van der Waals surface area contributed by atoms with Crippen molar-refractivity contribution in [1.82, 2.24) is 14.8 Å². The Morgan fingerprint density at radius 1 is 0.938 bits per heavy atom. The average Bonchev–Trinajstić information content (AvgIpc) is 3.50. The monoisotopic (exact) mass is 434 g/mol. The second kappa shape index (κ2) is 9.18. The van der Waals surface area contributed by atoms with Gasteiger partial charge in [0.1, 0.15) is 11.9 Å². The van der Waals surface area contributed by atoms with Crippen LogP contribution in [0.1, 0.15) is 49.7 Å². The maximum absolute atomic E-state index is 12.7. The third-order valence-electron chi connectivity index (χ3n) is 6.82. The molecular formula is C25H30N4O3. The normalized spacial score (nSPS) is 20.8. The SMILES string of the molecule is O=C(Nc1ccc(OC2CCCN(C(=O)C3CCCC3)C2)cc1)N1Cc2ccncc2C1. The minimum atomic E-state index is -0.122. The fourth-order valence-electron chi connectivity index (χ4n) is 5.04. The Morgan fingerprint density at radius 2 is 1.72 bits per heavy atom. The molecule has 0 radical (unpaired) electrons. The van der Waals surface area contributed by atoms with Crippen LogP contribution in [0.5, 0.6) is 5.75 Å². The number of pyridine rings is 1. The molecule has 1 N–H and O–H groups in total. The molecule has 1 atom stereocenters. The first kappa shape index (κ1) is 20.8. The van der Waals surface area contributed by atoms with Gasteiger partial charge in [-0.25, -0.2) is 4.79 Å². The number of carbonyl (C=O) groups is 2. The number of hydrogen-bond donors (Lipinski definition) is 1. The van der Waals surface area contributed by atoms with E-state index in [9.17, 15) is 9.59 Å². The standard InChI is InChI=1S/C25H30N4O3/c30-24(18-4-1-2-5-18)28-13-3-6-23(17-28)32-22-9-7-21(8-10-22)27-25(31)29-15-19-11-12-26-14-20(19)16-29/h7-12,14,18,23H,1-6,13,15-17H2,(H,27,31). The predicted molar refractivity (Wildman–Crippen MR) is 121 cm³/mol. The lowest BCUT2D eigenvalue weighted by molar-refractivity contribution is -0.138. The maximum Gasteiger partial charge on any atom is 0.322 e. The summed E-state index contributed by atoms with van der Waals surface area (Å²) in [6.07, 6.45) is 9.96. The molecule has 1 saturated heterocycles. The number of nitrogens with one attached hydrogen (secondary N) is 1. The Morgan fingerprint density at radius 3 is 2.50 bits per heavy atom. The molecule has 2 aliphatic heterocycles. The van der Waals surface area contributed by atoms with E-state index in [0.717, 1.165) is 54.8 Å². The fourth-order valence-corrected chi connectivity index (χ4v) is 5.04. The molecule has 3 heterocycles. The number of piperidine rings is 1. The Kier molecular flexibility index (Phi) is 5.97. The zero-order chi connectivity index (χ0) is 21.9. The summed E-state index contributed by atoms with van der Waals surface area (Å²) < 4.78 is 6.18. The van der Waals surface area contributed by atoms with E-state index in [0.29, 0.717) is 25.5 Å². The number of aromatic nitrogens is 1. The number of anilines is 1. The molecule has 1 aromatic heterocycles. The number of urea groups is 1. The number of hydrogen-bond acceptors (Lipinski definition) is 4. The van der Waals surface area contributed by atoms with E-state index in [4.69, 9.17) is 4.74 Å². The molecule has 3 aliphatic rings. The van der Waals surface area contributed by atoms with Gasteiger partial charge in [-0.2, -0.15) is 0 Å². The third kappa shape index (κ3) is 4.56. The van der Waals surface area contributed by atoms with E-state index >= 15 is 0 Å². The van der Waals surface area contributed by atoms with Gasteiger partial charge in [0.25, 0.3) is 0 Å². The first-order valence-electron chi connectivity index (χ1n) is 11.7. The van der Waals surface area contributed by atoms with Gasteiger partial charge < -0.3 is 19.9 Å². The molecule has 0 bridgehead atoms. The molecule has 3 amide bonds. The number of carbonyl (C=O) groups excluding carboxylic acids is 2. The summed E-state index contributed by atoms with van der Waals surface area (Å²) in [5, 5.41) is 2.96. The fraction of sp³-hybridized carbons (Fsp3) is 0.480. The van der Waals surface area contributed by atoms with E-state index in [1.54, 1.807) is 11.1 Å². The molecule has 2 aromatic rings. The van der Waals surface area contributed by atoms with Gasteiger partial charge in [0.2, 0.25) is 5.91 Å². The molecule has 1 aliphatic carbocycles. The lowest BCUT2D eigenvalue weighted by Crippen LogP contribution is -2.46. The van der Waals surface area contributed by atoms with Gasteiger partial charge >= 0.3 is 6.03 Å². The van der Waals surface area contributed by atoms with Crippen LogP contribution in [0.3, 0.4) is 0 Å². The summed E-state index contributed by atoms with van der Waals surface area (Å²) in [6, 6.07) is 9.34. The van der Waals surface area contributed by atoms with Crippen molar-refractivity contribution in [3.05, 3.63) is 53.9 Å². The zero-order valence-corrected chi connectivity index (χ0v) is 18.3. The molecule has 1 aromatic carbocycles. The van der Waals surface area contributed by atoms with Crippen molar-refractivity contribution in [2.75, 3.05) is 18.4 Å². The van der Waals surface area contributed by atoms with Crippen LogP contribution >= 0.6 is 0 Å². The first-order valence-corrected chi connectivity index (χ1v) is 11.7. The molecule has 7 heteroatoms. The number of rotatable bonds is 4. The quantitative estimate of drug-likeness (QED) is 0.783. The van der Waals surface area contributed by atoms with Crippen LogP contribution < -0.4 is 10.1 Å². The summed E-state index contributed by atoms with van der Waals surface area (Å²) in [6.45, 7) is 2.69. The second-order valence-electron chi connectivity index (χ2n) is 9.10. The van der Waals surface area contributed by atoms with Crippen molar-refractivity contribution >= 4 is 17.6 Å². The summed E-state index contributed by atoms with van der Waals surface area (Å²) in [5.74, 6) is 1.30. The predicted octanol–water partition coefficient (Wildman–Crippen LogP) is 4.19. The number of fused-ring (bicyclic) bond motifs is 1. The van der Waals surface area contributed by atoms with Crippen LogP contribution in [0.4, 0.5) is 10.5 Å². The lowest BCUT2D eigenvalue weighted by Gasteiger charge is -2.34. The largest absolute Gasteiger partial charge is 0.489 e. The highest BCUT2D eigenvalue weighted by Crippen LogP contribution is 2.29. The number of likely N-dealkylation sites (tertiary alicyclic amines) is 1. The Labute approximate surface area is 188 Å². The molecular weight excluding hydrogens is 404 g/mol. The number of benzene rings is 1. The average molecular weight is 435 g/mol. The number of nitrogens with zero attached hydrogens (tertiary/aromatic N) is 3. The van der Waals surface area contributed by atoms with Crippen molar-refractivity contribution in [2.24, 2.45) is 5.92 Å². The maximum atomic E-state index is 12.7. The molecule has 168 valence electrons. The van der Waals surface area contributed by atoms with Crippen molar-refractivity contribution in [2.45, 2.75) is 57.7 Å². The van der Waals surface area contributed by atoms with Crippen molar-refractivity contribution in [3.63, 3.8) is 0 Å². The number of amides is 3. The van der Waals surface area contributed by atoms with E-state index in [1.807, 2.05) is 41.4 Å². The zero-order valence-electron chi connectivity index (χ0n) is 18.3. The van der Waals surface area contributed by atoms with E-state index in [2.05, 4.69) is 10.3 Å². The van der Waals surface area contributed by atoms with Crippen LogP contribution in [0.2, 0.25) is 0 Å². The van der Waals surface area contributed by atoms with Gasteiger partial charge in [-0.1, -0.05) is 12.8 Å². The van der Waals surface area contributed by atoms with Gasteiger partial charge in [-0.05, 0) is 67.1 Å². The lowest BCUT2D eigenvalue weighted by atomic mass is 10.0.